The van der Waals surface area contributed by atoms with E-state index in [2.05, 4.69) is 23.6 Å². The molecule has 1 aromatic rings. The third-order valence-corrected chi connectivity index (χ3v) is 7.26. The smallest absolute Gasteiger partial charge is 0.319 e. The summed E-state index contributed by atoms with van der Waals surface area (Å²) in [6.45, 7) is 4.75. The lowest BCUT2D eigenvalue weighted by molar-refractivity contribution is -0.128. The third-order valence-electron chi connectivity index (χ3n) is 7.26. The van der Waals surface area contributed by atoms with Crippen molar-refractivity contribution in [2.75, 3.05) is 6.61 Å². The van der Waals surface area contributed by atoms with Crippen molar-refractivity contribution < 1.29 is 19.4 Å². The summed E-state index contributed by atoms with van der Waals surface area (Å²) in [5.41, 5.74) is 4.73. The van der Waals surface area contributed by atoms with Crippen LogP contribution in [0, 0.1) is 0 Å². The zero-order valence-electron chi connectivity index (χ0n) is 22.6. The second-order valence-electron chi connectivity index (χ2n) is 10.0. The lowest BCUT2D eigenvalue weighted by atomic mass is 9.85. The van der Waals surface area contributed by atoms with Gasteiger partial charge in [-0.2, -0.15) is 0 Å². The van der Waals surface area contributed by atoms with Gasteiger partial charge in [-0.05, 0) is 42.0 Å². The molecule has 6 nitrogen and oxygen atoms in total. The Morgan fingerprint density at radius 2 is 1.47 bits per heavy atom. The van der Waals surface area contributed by atoms with Gasteiger partial charge in [-0.25, -0.2) is 4.79 Å². The monoisotopic (exact) mass is 500 g/mol. The summed E-state index contributed by atoms with van der Waals surface area (Å²) in [6, 6.07) is 5.43. The molecular weight excluding hydrogens is 452 g/mol. The number of hydrogen-bond donors (Lipinski definition) is 3. The van der Waals surface area contributed by atoms with Gasteiger partial charge in [0.25, 0.3) is 6.47 Å². The van der Waals surface area contributed by atoms with Crippen molar-refractivity contribution in [3.05, 3.63) is 46.2 Å². The number of urea groups is 1. The van der Waals surface area contributed by atoms with Gasteiger partial charge >= 0.3 is 6.03 Å². The SMILES string of the molecule is CCCCCCCCCCCCCCCc1cccc(CO)c1C1NC(=O)NC(C)=C1CCOC=O. The van der Waals surface area contributed by atoms with E-state index in [4.69, 9.17) is 4.74 Å². The molecule has 0 radical (unpaired) electrons. The summed E-state index contributed by atoms with van der Waals surface area (Å²) < 4.78 is 4.93. The molecule has 1 aliphatic heterocycles. The number of amides is 2. The molecule has 2 rings (SSSR count). The van der Waals surface area contributed by atoms with E-state index in [1.807, 2.05) is 19.1 Å². The zero-order chi connectivity index (χ0) is 26.0. The molecule has 36 heavy (non-hydrogen) atoms. The standard InChI is InChI=1S/C30H48N2O4/c1-3-4-5-6-7-8-9-10-11-12-13-14-15-17-25-18-16-19-26(22-33)28(25)29-27(20-21-36-23-34)24(2)31-30(35)32-29/h16,18-19,23,29,33H,3-15,17,20-22H2,1-2H3,(H2,31,32,35). The minimum atomic E-state index is -0.339. The maximum absolute atomic E-state index is 12.3. The van der Waals surface area contributed by atoms with Crippen molar-refractivity contribution in [2.24, 2.45) is 0 Å². The fourth-order valence-electron chi connectivity index (χ4n) is 5.24. The number of carbonyl (C=O) groups excluding carboxylic acids is 2. The number of hydrogen-bond acceptors (Lipinski definition) is 4. The molecule has 3 N–H and O–H groups in total. The van der Waals surface area contributed by atoms with Gasteiger partial charge in [0.05, 0.1) is 19.3 Å². The first-order valence-electron chi connectivity index (χ1n) is 14.2. The Balaban J connectivity index is 1.86. The van der Waals surface area contributed by atoms with Gasteiger partial charge in [0.15, 0.2) is 0 Å². The Kier molecular flexibility index (Phi) is 14.9. The first kappa shape index (κ1) is 29.9. The van der Waals surface area contributed by atoms with Crippen LogP contribution in [0.15, 0.2) is 29.5 Å². The number of ether oxygens (including phenoxy) is 1. The largest absolute Gasteiger partial charge is 0.468 e. The normalized spacial score (nSPS) is 15.5. The van der Waals surface area contributed by atoms with Gasteiger partial charge in [0.1, 0.15) is 0 Å². The zero-order valence-corrected chi connectivity index (χ0v) is 22.6. The molecule has 202 valence electrons. The number of aliphatic hydroxyl groups excluding tert-OH is 1. The fourth-order valence-corrected chi connectivity index (χ4v) is 5.24. The van der Waals surface area contributed by atoms with E-state index in [9.17, 15) is 14.7 Å². The molecule has 0 spiro atoms. The average Bonchev–Trinajstić information content (AvgIpc) is 2.87. The number of nitrogens with one attached hydrogen (secondary N) is 2. The maximum Gasteiger partial charge on any atom is 0.319 e. The molecule has 0 saturated heterocycles. The molecule has 0 saturated carbocycles. The molecule has 1 unspecified atom stereocenters. The molecule has 0 bridgehead atoms. The van der Waals surface area contributed by atoms with Gasteiger partial charge in [-0.1, -0.05) is 102 Å². The predicted octanol–water partition coefficient (Wildman–Crippen LogP) is 7.00. The molecule has 2 amide bonds. The minimum Gasteiger partial charge on any atom is -0.468 e. The summed E-state index contributed by atoms with van der Waals surface area (Å²) in [4.78, 5) is 23.0. The van der Waals surface area contributed by atoms with E-state index in [1.54, 1.807) is 0 Å². The quantitative estimate of drug-likeness (QED) is 0.133. The van der Waals surface area contributed by atoms with Crippen LogP contribution in [-0.4, -0.2) is 24.2 Å². The highest BCUT2D eigenvalue weighted by Crippen LogP contribution is 2.34. The fraction of sp³-hybridized carbons (Fsp3) is 0.667. The minimum absolute atomic E-state index is 0.0846. The van der Waals surface area contributed by atoms with Crippen molar-refractivity contribution in [2.45, 2.75) is 123 Å². The van der Waals surface area contributed by atoms with Crippen molar-refractivity contribution in [1.82, 2.24) is 10.6 Å². The highest BCUT2D eigenvalue weighted by molar-refractivity contribution is 5.79. The van der Waals surface area contributed by atoms with Gasteiger partial charge in [-0.15, -0.1) is 0 Å². The van der Waals surface area contributed by atoms with Gasteiger partial charge in [0.2, 0.25) is 0 Å². The van der Waals surface area contributed by atoms with Crippen LogP contribution in [0.2, 0.25) is 0 Å². The number of aryl methyl sites for hydroxylation is 1. The first-order chi connectivity index (χ1) is 17.6. The van der Waals surface area contributed by atoms with Crippen molar-refractivity contribution in [1.29, 1.82) is 0 Å². The molecular formula is C30H48N2O4. The Labute approximate surface area is 218 Å². The second kappa shape index (κ2) is 18.0. The average molecular weight is 501 g/mol. The molecule has 0 aliphatic carbocycles. The Hall–Kier alpha value is -2.34. The van der Waals surface area contributed by atoms with E-state index < -0.39 is 0 Å². The van der Waals surface area contributed by atoms with Crippen LogP contribution < -0.4 is 10.6 Å². The van der Waals surface area contributed by atoms with Crippen LogP contribution in [0.4, 0.5) is 4.79 Å². The van der Waals surface area contributed by atoms with Crippen LogP contribution in [0.1, 0.15) is 126 Å². The van der Waals surface area contributed by atoms with E-state index in [-0.39, 0.29) is 25.3 Å². The van der Waals surface area contributed by atoms with Gasteiger partial charge < -0.3 is 20.5 Å². The van der Waals surface area contributed by atoms with E-state index >= 15 is 0 Å². The van der Waals surface area contributed by atoms with Crippen molar-refractivity contribution in [3.63, 3.8) is 0 Å². The van der Waals surface area contributed by atoms with Gasteiger partial charge in [-0.3, -0.25) is 4.79 Å². The number of allylic oxidation sites excluding steroid dienone is 1. The summed E-state index contributed by atoms with van der Waals surface area (Å²) in [5.74, 6) is 0. The van der Waals surface area contributed by atoms with Crippen LogP contribution in [0.3, 0.4) is 0 Å². The summed E-state index contributed by atoms with van der Waals surface area (Å²) >= 11 is 0. The van der Waals surface area contributed by atoms with Gasteiger partial charge in [0, 0.05) is 12.1 Å². The number of benzene rings is 1. The molecule has 0 fully saturated rings. The molecule has 1 aromatic carbocycles. The lowest BCUT2D eigenvalue weighted by Gasteiger charge is -2.32. The van der Waals surface area contributed by atoms with Crippen LogP contribution in [0.5, 0.6) is 0 Å². The first-order valence-corrected chi connectivity index (χ1v) is 14.2. The Morgan fingerprint density at radius 1 is 0.889 bits per heavy atom. The Morgan fingerprint density at radius 3 is 2.06 bits per heavy atom. The molecule has 0 aromatic heterocycles. The third kappa shape index (κ3) is 10.3. The molecule has 6 heteroatoms. The Bertz CT molecular complexity index is 821. The van der Waals surface area contributed by atoms with Crippen molar-refractivity contribution >= 4 is 12.5 Å². The second-order valence-corrected chi connectivity index (χ2v) is 10.0. The van der Waals surface area contributed by atoms with Crippen molar-refractivity contribution in [3.8, 4) is 0 Å². The van der Waals surface area contributed by atoms with Crippen LogP contribution >= 0.6 is 0 Å². The van der Waals surface area contributed by atoms with Crippen LogP contribution in [-0.2, 0) is 22.6 Å². The molecule has 1 heterocycles. The highest BCUT2D eigenvalue weighted by Gasteiger charge is 2.29. The van der Waals surface area contributed by atoms with E-state index in [0.717, 1.165) is 35.2 Å². The molecule has 1 atom stereocenters. The maximum atomic E-state index is 12.3. The van der Waals surface area contributed by atoms with Crippen LogP contribution in [0.25, 0.3) is 0 Å². The summed E-state index contributed by atoms with van der Waals surface area (Å²) in [6.07, 6.45) is 18.6. The predicted molar refractivity (Wildman–Crippen MR) is 146 cm³/mol. The highest BCUT2D eigenvalue weighted by atomic mass is 16.5. The van der Waals surface area contributed by atoms with E-state index in [1.165, 1.54) is 82.6 Å². The summed E-state index contributed by atoms with van der Waals surface area (Å²) in [7, 11) is 0. The van der Waals surface area contributed by atoms with E-state index in [0.29, 0.717) is 12.9 Å². The molecule has 1 aliphatic rings. The topological polar surface area (TPSA) is 87.7 Å². The number of rotatable bonds is 20. The summed E-state index contributed by atoms with van der Waals surface area (Å²) in [5, 5.41) is 15.9. The number of aliphatic hydroxyl groups is 1. The lowest BCUT2D eigenvalue weighted by Crippen LogP contribution is -2.44. The number of carbonyl (C=O) groups is 2. The number of unbranched alkanes of at least 4 members (excludes halogenated alkanes) is 12.